The number of benzene rings is 1. The molecule has 1 aromatic carbocycles. The van der Waals surface area contributed by atoms with E-state index in [9.17, 15) is 13.2 Å². The van der Waals surface area contributed by atoms with Crippen molar-refractivity contribution in [1.29, 1.82) is 0 Å². The first-order valence-electron chi connectivity index (χ1n) is 8.99. The van der Waals surface area contributed by atoms with Crippen LogP contribution in [0.15, 0.2) is 39.9 Å². The Morgan fingerprint density at radius 2 is 1.97 bits per heavy atom. The van der Waals surface area contributed by atoms with E-state index < -0.39 is 16.0 Å². The molecule has 1 aliphatic heterocycles. The maximum atomic E-state index is 12.9. The van der Waals surface area contributed by atoms with Gasteiger partial charge in [-0.25, -0.2) is 18.2 Å². The molecule has 0 fully saturated rings. The van der Waals surface area contributed by atoms with E-state index in [1.807, 2.05) is 13.0 Å². The standard InChI is InChI=1S/C21H17N3O5S/c1-12-9-16-11-28-21(25)17(16)10-15(12)6-7-18-19(5-4-8-22-18)30(26,27)24-20-13(2)14(3)29-23-20/h4-5,8-10H,11H2,1-3H3,(H,23,24). The van der Waals surface area contributed by atoms with Crippen molar-refractivity contribution in [2.75, 3.05) is 4.72 Å². The Morgan fingerprint density at radius 1 is 1.17 bits per heavy atom. The maximum absolute atomic E-state index is 12.9. The van der Waals surface area contributed by atoms with E-state index >= 15 is 0 Å². The van der Waals surface area contributed by atoms with Gasteiger partial charge in [-0.2, -0.15) is 0 Å². The number of fused-ring (bicyclic) bond motifs is 1. The number of carbonyl (C=O) groups is 1. The molecule has 8 nitrogen and oxygen atoms in total. The molecule has 0 saturated heterocycles. The second-order valence-electron chi connectivity index (χ2n) is 6.82. The number of pyridine rings is 1. The fourth-order valence-corrected chi connectivity index (χ4v) is 4.13. The lowest BCUT2D eigenvalue weighted by Gasteiger charge is -2.07. The minimum Gasteiger partial charge on any atom is -0.457 e. The summed E-state index contributed by atoms with van der Waals surface area (Å²) in [4.78, 5) is 15.8. The molecule has 152 valence electrons. The number of anilines is 1. The van der Waals surface area contributed by atoms with Crippen LogP contribution >= 0.6 is 0 Å². The third-order valence-electron chi connectivity index (χ3n) is 4.79. The molecule has 4 rings (SSSR count). The van der Waals surface area contributed by atoms with Gasteiger partial charge in [0.15, 0.2) is 5.82 Å². The van der Waals surface area contributed by atoms with Gasteiger partial charge in [-0.05, 0) is 50.5 Å². The highest BCUT2D eigenvalue weighted by atomic mass is 32.2. The molecule has 2 aromatic heterocycles. The molecule has 0 spiro atoms. The molecule has 30 heavy (non-hydrogen) atoms. The first-order chi connectivity index (χ1) is 14.3. The Hall–Kier alpha value is -3.64. The van der Waals surface area contributed by atoms with Crippen LogP contribution in [0, 0.1) is 32.6 Å². The second-order valence-corrected chi connectivity index (χ2v) is 8.47. The van der Waals surface area contributed by atoms with Gasteiger partial charge in [0.05, 0.1) is 5.56 Å². The van der Waals surface area contributed by atoms with Crippen LogP contribution in [0.2, 0.25) is 0 Å². The van der Waals surface area contributed by atoms with E-state index in [2.05, 4.69) is 26.7 Å². The van der Waals surface area contributed by atoms with E-state index in [0.29, 0.717) is 22.5 Å². The molecule has 0 unspecified atom stereocenters. The molecule has 0 radical (unpaired) electrons. The van der Waals surface area contributed by atoms with Gasteiger partial charge in [-0.1, -0.05) is 17.1 Å². The minimum absolute atomic E-state index is 0.0744. The van der Waals surface area contributed by atoms with Gasteiger partial charge < -0.3 is 9.26 Å². The van der Waals surface area contributed by atoms with Crippen LogP contribution in [0.5, 0.6) is 0 Å². The van der Waals surface area contributed by atoms with Gasteiger partial charge in [-0.15, -0.1) is 0 Å². The number of esters is 1. The summed E-state index contributed by atoms with van der Waals surface area (Å²) in [5, 5.41) is 3.74. The molecular weight excluding hydrogens is 406 g/mol. The van der Waals surface area contributed by atoms with E-state index in [0.717, 1.165) is 11.1 Å². The minimum atomic E-state index is -4.00. The number of cyclic esters (lactones) is 1. The lowest BCUT2D eigenvalue weighted by Crippen LogP contribution is -2.16. The average Bonchev–Trinajstić information content (AvgIpc) is 3.22. The van der Waals surface area contributed by atoms with Gasteiger partial charge in [0.2, 0.25) is 0 Å². The molecule has 0 bridgehead atoms. The summed E-state index contributed by atoms with van der Waals surface area (Å²) in [5.41, 5.74) is 3.40. The third-order valence-corrected chi connectivity index (χ3v) is 6.16. The Labute approximate surface area is 173 Å². The van der Waals surface area contributed by atoms with Crippen molar-refractivity contribution >= 4 is 21.8 Å². The molecule has 0 atom stereocenters. The molecule has 0 amide bonds. The fourth-order valence-electron chi connectivity index (χ4n) is 2.96. The largest absolute Gasteiger partial charge is 0.457 e. The maximum Gasteiger partial charge on any atom is 0.338 e. The van der Waals surface area contributed by atoms with Gasteiger partial charge in [0.1, 0.15) is 23.0 Å². The van der Waals surface area contributed by atoms with Gasteiger partial charge >= 0.3 is 5.97 Å². The van der Waals surface area contributed by atoms with E-state index in [1.54, 1.807) is 19.9 Å². The fraction of sp³-hybridized carbons (Fsp3) is 0.190. The Morgan fingerprint density at radius 3 is 2.70 bits per heavy atom. The van der Waals surface area contributed by atoms with Crippen molar-refractivity contribution in [2.24, 2.45) is 0 Å². The first kappa shape index (κ1) is 19.7. The molecule has 1 aliphatic rings. The highest BCUT2D eigenvalue weighted by molar-refractivity contribution is 7.92. The Balaban J connectivity index is 1.71. The summed E-state index contributed by atoms with van der Waals surface area (Å²) < 4.78 is 38.2. The molecule has 3 heterocycles. The van der Waals surface area contributed by atoms with Crippen LogP contribution in [-0.2, 0) is 21.4 Å². The van der Waals surface area contributed by atoms with Crippen molar-refractivity contribution in [2.45, 2.75) is 32.3 Å². The van der Waals surface area contributed by atoms with E-state index in [1.165, 1.54) is 18.3 Å². The number of rotatable bonds is 3. The first-order valence-corrected chi connectivity index (χ1v) is 10.5. The number of aryl methyl sites for hydroxylation is 2. The number of carbonyl (C=O) groups excluding carboxylic acids is 1. The Bertz CT molecular complexity index is 1350. The predicted molar refractivity (Wildman–Crippen MR) is 107 cm³/mol. The van der Waals surface area contributed by atoms with Crippen LogP contribution in [0.4, 0.5) is 5.82 Å². The zero-order valence-electron chi connectivity index (χ0n) is 16.4. The summed E-state index contributed by atoms with van der Waals surface area (Å²) in [7, 11) is -4.00. The number of ether oxygens (including phenoxy) is 1. The number of nitrogens with zero attached hydrogens (tertiary/aromatic N) is 2. The smallest absolute Gasteiger partial charge is 0.338 e. The molecule has 0 aliphatic carbocycles. The van der Waals surface area contributed by atoms with E-state index in [4.69, 9.17) is 9.26 Å². The van der Waals surface area contributed by atoms with Crippen molar-refractivity contribution < 1.29 is 22.5 Å². The summed E-state index contributed by atoms with van der Waals surface area (Å²) in [6.07, 6.45) is 1.46. The predicted octanol–water partition coefficient (Wildman–Crippen LogP) is 2.87. The number of aromatic nitrogens is 2. The van der Waals surface area contributed by atoms with Crippen molar-refractivity contribution in [1.82, 2.24) is 10.1 Å². The lowest BCUT2D eigenvalue weighted by atomic mass is 10.0. The summed E-state index contributed by atoms with van der Waals surface area (Å²) in [5.74, 6) is 5.98. The summed E-state index contributed by atoms with van der Waals surface area (Å²) >= 11 is 0. The van der Waals surface area contributed by atoms with E-state index in [-0.39, 0.29) is 23.0 Å². The van der Waals surface area contributed by atoms with Gasteiger partial charge in [0, 0.05) is 22.9 Å². The van der Waals surface area contributed by atoms with Crippen LogP contribution in [-0.4, -0.2) is 24.5 Å². The van der Waals surface area contributed by atoms with Crippen molar-refractivity contribution in [3.8, 4) is 11.8 Å². The molecular formula is C21H17N3O5S. The number of nitrogens with one attached hydrogen (secondary N) is 1. The zero-order chi connectivity index (χ0) is 21.5. The monoisotopic (exact) mass is 423 g/mol. The highest BCUT2D eigenvalue weighted by Crippen LogP contribution is 2.24. The molecule has 0 saturated carbocycles. The average molecular weight is 423 g/mol. The van der Waals surface area contributed by atoms with Crippen LogP contribution in [0.1, 0.15) is 44.1 Å². The second kappa shape index (κ2) is 7.31. The van der Waals surface area contributed by atoms with Crippen LogP contribution < -0.4 is 4.72 Å². The number of sulfonamides is 1. The molecule has 1 N–H and O–H groups in total. The Kier molecular flexibility index (Phi) is 4.79. The van der Waals surface area contributed by atoms with Crippen LogP contribution in [0.3, 0.4) is 0 Å². The molecule has 9 heteroatoms. The quantitative estimate of drug-likeness (QED) is 0.509. The third kappa shape index (κ3) is 3.53. The van der Waals surface area contributed by atoms with Gasteiger partial charge in [0.25, 0.3) is 10.0 Å². The van der Waals surface area contributed by atoms with Crippen LogP contribution in [0.25, 0.3) is 0 Å². The summed E-state index contributed by atoms with van der Waals surface area (Å²) in [6.45, 7) is 5.50. The number of hydrogen-bond donors (Lipinski definition) is 1. The zero-order valence-corrected chi connectivity index (χ0v) is 17.3. The van der Waals surface area contributed by atoms with Crippen molar-refractivity contribution in [3.63, 3.8) is 0 Å². The lowest BCUT2D eigenvalue weighted by molar-refractivity contribution is 0.0535. The summed E-state index contributed by atoms with van der Waals surface area (Å²) in [6, 6.07) is 6.42. The number of hydrogen-bond acceptors (Lipinski definition) is 7. The highest BCUT2D eigenvalue weighted by Gasteiger charge is 2.23. The van der Waals surface area contributed by atoms with Crippen molar-refractivity contribution in [3.05, 3.63) is 69.7 Å². The van der Waals surface area contributed by atoms with Gasteiger partial charge in [-0.3, -0.25) is 4.72 Å². The normalized spacial score (nSPS) is 12.7. The topological polar surface area (TPSA) is 111 Å². The molecule has 3 aromatic rings. The SMILES string of the molecule is Cc1cc2c(cc1C#Cc1ncccc1S(=O)(=O)Nc1noc(C)c1C)C(=O)OC2.